The zero-order valence-electron chi connectivity index (χ0n) is 18.7. The van der Waals surface area contributed by atoms with Crippen molar-refractivity contribution < 1.29 is 9.59 Å². The van der Waals surface area contributed by atoms with Gasteiger partial charge in [-0.3, -0.25) is 14.5 Å². The van der Waals surface area contributed by atoms with Crippen LogP contribution < -0.4 is 10.6 Å². The number of carbonyl (C=O) groups excluding carboxylic acids is 2. The van der Waals surface area contributed by atoms with Crippen LogP contribution in [0.1, 0.15) is 26.4 Å². The maximum Gasteiger partial charge on any atom is 0.256 e. The highest BCUT2D eigenvalue weighted by Gasteiger charge is 2.26. The van der Waals surface area contributed by atoms with Crippen LogP contribution in [0.4, 0.5) is 10.7 Å². The van der Waals surface area contributed by atoms with Gasteiger partial charge >= 0.3 is 0 Å². The highest BCUT2D eigenvalue weighted by Crippen LogP contribution is 2.37. The van der Waals surface area contributed by atoms with Crippen molar-refractivity contribution >= 4 is 60.5 Å². The van der Waals surface area contributed by atoms with Gasteiger partial charge in [-0.2, -0.15) is 5.26 Å². The molecule has 4 aromatic rings. The van der Waals surface area contributed by atoms with Gasteiger partial charge in [-0.25, -0.2) is 0 Å². The maximum atomic E-state index is 13.1. The number of halogens is 1. The molecule has 0 radical (unpaired) electrons. The Labute approximate surface area is 215 Å². The molecule has 2 N–H and O–H groups in total. The van der Waals surface area contributed by atoms with E-state index in [2.05, 4.69) is 37.5 Å². The molecule has 2 heterocycles. The summed E-state index contributed by atoms with van der Waals surface area (Å²) in [4.78, 5) is 28.8. The van der Waals surface area contributed by atoms with E-state index in [0.29, 0.717) is 35.6 Å². The Bertz CT molecular complexity index is 1490. The molecule has 0 atom stereocenters. The number of nitrogens with one attached hydrogen (secondary N) is 2. The van der Waals surface area contributed by atoms with Crippen LogP contribution in [0.3, 0.4) is 0 Å². The zero-order valence-corrected chi connectivity index (χ0v) is 21.1. The normalized spacial score (nSPS) is 13.1. The van der Waals surface area contributed by atoms with E-state index >= 15 is 0 Å². The molecule has 0 unspecified atom stereocenters. The summed E-state index contributed by atoms with van der Waals surface area (Å²) in [5, 5.41) is 18.2. The number of rotatable bonds is 5. The van der Waals surface area contributed by atoms with E-state index in [-0.39, 0.29) is 18.4 Å². The third-order valence-corrected chi connectivity index (χ3v) is 7.61. The Balaban J connectivity index is 1.31. The van der Waals surface area contributed by atoms with Crippen molar-refractivity contribution in [2.75, 3.05) is 23.7 Å². The number of nitrogens with zero attached hydrogens (tertiary/aromatic N) is 2. The van der Waals surface area contributed by atoms with Gasteiger partial charge in [0, 0.05) is 33.7 Å². The first-order valence-electron chi connectivity index (χ1n) is 11.1. The molecule has 35 heavy (non-hydrogen) atoms. The Hall–Kier alpha value is -3.51. The quantitative estimate of drug-likeness (QED) is 0.333. The lowest BCUT2D eigenvalue weighted by molar-refractivity contribution is -0.117. The molecule has 5 rings (SSSR count). The summed E-state index contributed by atoms with van der Waals surface area (Å²) >= 11 is 4.83. The SMILES string of the molecule is N#Cc1c(NC(=O)c2cccc3ccccc23)sc2c1CCN(CC(=O)Nc1cccc(Br)c1)C2. The predicted molar refractivity (Wildman–Crippen MR) is 143 cm³/mol. The van der Waals surface area contributed by atoms with E-state index in [4.69, 9.17) is 0 Å². The molecule has 174 valence electrons. The Morgan fingerprint density at radius 1 is 1.06 bits per heavy atom. The molecule has 2 amide bonds. The van der Waals surface area contributed by atoms with Crippen LogP contribution in [0.5, 0.6) is 0 Å². The fourth-order valence-electron chi connectivity index (χ4n) is 4.36. The second kappa shape index (κ2) is 10.0. The van der Waals surface area contributed by atoms with Gasteiger partial charge in [0.25, 0.3) is 5.91 Å². The summed E-state index contributed by atoms with van der Waals surface area (Å²) in [5.74, 6) is -0.324. The molecule has 0 spiro atoms. The lowest BCUT2D eigenvalue weighted by atomic mass is 10.0. The molecule has 1 aromatic heterocycles. The number of anilines is 2. The van der Waals surface area contributed by atoms with Crippen LogP contribution in [0.15, 0.2) is 71.2 Å². The molecule has 1 aliphatic heterocycles. The van der Waals surface area contributed by atoms with Crippen molar-refractivity contribution in [2.45, 2.75) is 13.0 Å². The van der Waals surface area contributed by atoms with E-state index in [1.165, 1.54) is 11.3 Å². The number of hydrogen-bond donors (Lipinski definition) is 2. The smallest absolute Gasteiger partial charge is 0.256 e. The van der Waals surface area contributed by atoms with Gasteiger partial charge in [-0.15, -0.1) is 11.3 Å². The molecule has 0 saturated carbocycles. The number of thiophene rings is 1. The standard InChI is InChI=1S/C27H21BrN4O2S/c28-18-7-4-8-19(13-18)30-25(33)16-32-12-11-21-23(14-29)27(35-24(21)15-32)31-26(34)22-10-3-6-17-5-1-2-9-20(17)22/h1-10,13H,11-12,15-16H2,(H,30,33)(H,31,34). The largest absolute Gasteiger partial charge is 0.325 e. The highest BCUT2D eigenvalue weighted by atomic mass is 79.9. The van der Waals surface area contributed by atoms with Crippen molar-refractivity contribution in [2.24, 2.45) is 0 Å². The number of fused-ring (bicyclic) bond motifs is 2. The average molecular weight is 545 g/mol. The van der Waals surface area contributed by atoms with Gasteiger partial charge in [0.1, 0.15) is 11.1 Å². The molecule has 0 bridgehead atoms. The molecular weight excluding hydrogens is 524 g/mol. The predicted octanol–water partition coefficient (Wildman–Crippen LogP) is 5.78. The van der Waals surface area contributed by atoms with Crippen LogP contribution in [0, 0.1) is 11.3 Å². The monoisotopic (exact) mass is 544 g/mol. The lowest BCUT2D eigenvalue weighted by Crippen LogP contribution is -2.36. The fourth-order valence-corrected chi connectivity index (χ4v) is 6.00. The van der Waals surface area contributed by atoms with E-state index in [9.17, 15) is 14.9 Å². The van der Waals surface area contributed by atoms with Crippen molar-refractivity contribution in [3.63, 3.8) is 0 Å². The summed E-state index contributed by atoms with van der Waals surface area (Å²) < 4.78 is 0.901. The summed E-state index contributed by atoms with van der Waals surface area (Å²) in [5.41, 5.74) is 2.80. The molecule has 0 fully saturated rings. The summed E-state index contributed by atoms with van der Waals surface area (Å²) in [7, 11) is 0. The molecule has 1 aliphatic rings. The Morgan fingerprint density at radius 3 is 2.69 bits per heavy atom. The van der Waals surface area contributed by atoms with Gasteiger partial charge < -0.3 is 10.6 Å². The number of carbonyl (C=O) groups is 2. The van der Waals surface area contributed by atoms with Crippen LogP contribution in [-0.2, 0) is 17.8 Å². The third kappa shape index (κ3) is 4.98. The van der Waals surface area contributed by atoms with Crippen molar-refractivity contribution in [3.05, 3.63) is 92.8 Å². The van der Waals surface area contributed by atoms with Crippen molar-refractivity contribution in [3.8, 4) is 6.07 Å². The van der Waals surface area contributed by atoms with Gasteiger partial charge in [0.2, 0.25) is 5.91 Å². The third-order valence-electron chi connectivity index (χ3n) is 5.98. The van der Waals surface area contributed by atoms with E-state index in [0.717, 1.165) is 31.4 Å². The maximum absolute atomic E-state index is 13.1. The second-order valence-corrected chi connectivity index (χ2v) is 10.3. The first-order chi connectivity index (χ1) is 17.0. The number of nitriles is 1. The summed E-state index contributed by atoms with van der Waals surface area (Å²) in [6.07, 6.45) is 0.656. The van der Waals surface area contributed by atoms with Gasteiger partial charge in [-0.05, 0) is 47.0 Å². The van der Waals surface area contributed by atoms with E-state index < -0.39 is 0 Å². The molecule has 6 nitrogen and oxygen atoms in total. The van der Waals surface area contributed by atoms with Crippen LogP contribution in [-0.4, -0.2) is 29.8 Å². The van der Waals surface area contributed by atoms with Crippen molar-refractivity contribution in [1.82, 2.24) is 4.90 Å². The Kier molecular flexibility index (Phi) is 6.64. The minimum absolute atomic E-state index is 0.0897. The second-order valence-electron chi connectivity index (χ2n) is 8.32. The topological polar surface area (TPSA) is 85.2 Å². The van der Waals surface area contributed by atoms with E-state index in [1.54, 1.807) is 6.07 Å². The fraction of sp³-hybridized carbons (Fsp3) is 0.148. The van der Waals surface area contributed by atoms with E-state index in [1.807, 2.05) is 60.7 Å². The minimum atomic E-state index is -0.234. The van der Waals surface area contributed by atoms with Gasteiger partial charge in [0.05, 0.1) is 12.1 Å². The molecule has 8 heteroatoms. The van der Waals surface area contributed by atoms with Gasteiger partial charge in [0.15, 0.2) is 0 Å². The first kappa shape index (κ1) is 23.2. The minimum Gasteiger partial charge on any atom is -0.325 e. The van der Waals surface area contributed by atoms with Gasteiger partial charge in [-0.1, -0.05) is 58.4 Å². The molecule has 0 aliphatic carbocycles. The van der Waals surface area contributed by atoms with Crippen molar-refractivity contribution in [1.29, 1.82) is 5.26 Å². The molecular formula is C27H21BrN4O2S. The lowest BCUT2D eigenvalue weighted by Gasteiger charge is -2.26. The molecule has 3 aromatic carbocycles. The average Bonchev–Trinajstić information content (AvgIpc) is 3.19. The molecule has 0 saturated heterocycles. The highest BCUT2D eigenvalue weighted by molar-refractivity contribution is 9.10. The Morgan fingerprint density at radius 2 is 1.86 bits per heavy atom. The van der Waals surface area contributed by atoms with Crippen LogP contribution >= 0.6 is 27.3 Å². The van der Waals surface area contributed by atoms with Crippen LogP contribution in [0.25, 0.3) is 10.8 Å². The first-order valence-corrected chi connectivity index (χ1v) is 12.7. The zero-order chi connectivity index (χ0) is 24.4. The summed E-state index contributed by atoms with van der Waals surface area (Å²) in [6, 6.07) is 23.1. The number of benzene rings is 3. The summed E-state index contributed by atoms with van der Waals surface area (Å²) in [6.45, 7) is 1.48. The number of hydrogen-bond acceptors (Lipinski definition) is 5. The number of amides is 2. The van der Waals surface area contributed by atoms with Crippen LogP contribution in [0.2, 0.25) is 0 Å².